The van der Waals surface area contributed by atoms with E-state index >= 15 is 0 Å². The van der Waals surface area contributed by atoms with E-state index in [0.29, 0.717) is 12.6 Å². The fourth-order valence-electron chi connectivity index (χ4n) is 2.45. The maximum atomic E-state index is 4.72. The van der Waals surface area contributed by atoms with Crippen LogP contribution in [0.1, 0.15) is 52.0 Å². The summed E-state index contributed by atoms with van der Waals surface area (Å²) in [6.45, 7) is 8.03. The lowest BCUT2D eigenvalue weighted by molar-refractivity contribution is 0.547. The van der Waals surface area contributed by atoms with Gasteiger partial charge in [0.1, 0.15) is 5.82 Å². The van der Waals surface area contributed by atoms with E-state index in [-0.39, 0.29) is 24.0 Å². The first-order valence-corrected chi connectivity index (χ1v) is 8.74. The van der Waals surface area contributed by atoms with Gasteiger partial charge in [-0.3, -0.25) is 0 Å². The van der Waals surface area contributed by atoms with Crippen molar-refractivity contribution in [2.45, 2.75) is 59.0 Å². The van der Waals surface area contributed by atoms with Crippen molar-refractivity contribution in [1.82, 2.24) is 15.6 Å². The molecule has 1 unspecified atom stereocenters. The Labute approximate surface area is 164 Å². The lowest BCUT2D eigenvalue weighted by atomic mass is 10.1. The van der Waals surface area contributed by atoms with Gasteiger partial charge < -0.3 is 15.5 Å². The second-order valence-electron chi connectivity index (χ2n) is 6.12. The summed E-state index contributed by atoms with van der Waals surface area (Å²) in [4.78, 5) is 11.2. The first kappa shape index (κ1) is 22.9. The molecule has 1 rings (SSSR count). The topological polar surface area (TPSA) is 52.6 Å². The molecule has 0 aliphatic carbocycles. The fraction of sp³-hybridized carbons (Fsp3) is 0.667. The Kier molecular flexibility index (Phi) is 12.7. The number of nitrogens with one attached hydrogen (secondary N) is 2. The zero-order chi connectivity index (χ0) is 17.1. The van der Waals surface area contributed by atoms with Crippen LogP contribution in [0.5, 0.6) is 0 Å². The second-order valence-corrected chi connectivity index (χ2v) is 6.12. The molecule has 0 radical (unpaired) electrons. The highest BCUT2D eigenvalue weighted by molar-refractivity contribution is 14.0. The summed E-state index contributed by atoms with van der Waals surface area (Å²) in [5.41, 5.74) is 1.13. The molecule has 0 bridgehead atoms. The molecule has 0 saturated heterocycles. The van der Waals surface area contributed by atoms with Crippen molar-refractivity contribution in [3.63, 3.8) is 0 Å². The summed E-state index contributed by atoms with van der Waals surface area (Å²) in [7, 11) is 4.02. The van der Waals surface area contributed by atoms with Crippen LogP contribution in [0.15, 0.2) is 23.3 Å². The maximum absolute atomic E-state index is 4.72. The summed E-state index contributed by atoms with van der Waals surface area (Å²) >= 11 is 0. The number of anilines is 1. The lowest BCUT2D eigenvalue weighted by Gasteiger charge is -2.18. The van der Waals surface area contributed by atoms with E-state index in [0.717, 1.165) is 23.9 Å². The summed E-state index contributed by atoms with van der Waals surface area (Å²) in [5, 5.41) is 6.83. The Bertz CT molecular complexity index is 476. The van der Waals surface area contributed by atoms with Gasteiger partial charge in [-0.2, -0.15) is 0 Å². The van der Waals surface area contributed by atoms with E-state index in [1.54, 1.807) is 0 Å². The van der Waals surface area contributed by atoms with Crippen LogP contribution >= 0.6 is 24.0 Å². The summed E-state index contributed by atoms with van der Waals surface area (Å²) in [5.74, 6) is 1.85. The molecule has 138 valence electrons. The fourth-order valence-corrected chi connectivity index (χ4v) is 2.45. The molecular weight excluding hydrogens is 413 g/mol. The molecule has 0 aliphatic rings. The van der Waals surface area contributed by atoms with Gasteiger partial charge in [0.25, 0.3) is 0 Å². The van der Waals surface area contributed by atoms with Gasteiger partial charge in [0, 0.05) is 38.4 Å². The van der Waals surface area contributed by atoms with Crippen LogP contribution in [0.4, 0.5) is 5.82 Å². The van der Waals surface area contributed by atoms with Crippen LogP contribution in [0.2, 0.25) is 0 Å². The average Bonchev–Trinajstić information content (AvgIpc) is 2.53. The number of halogens is 1. The lowest BCUT2D eigenvalue weighted by Crippen LogP contribution is -2.42. The van der Waals surface area contributed by atoms with Crippen molar-refractivity contribution in [1.29, 1.82) is 0 Å². The minimum Gasteiger partial charge on any atom is -0.362 e. The third-order valence-electron chi connectivity index (χ3n) is 3.67. The molecule has 0 saturated carbocycles. The smallest absolute Gasteiger partial charge is 0.191 e. The van der Waals surface area contributed by atoms with Gasteiger partial charge >= 0.3 is 0 Å². The standard InChI is InChI=1S/C18H33N5.HI/c1-6-8-9-11-15(3)22-18(19-7-2)21-14-16-12-10-13-20-17(16)23(4)5;/h10,12-13,15H,6-9,11,14H2,1-5H3,(H2,19,21,22);1H. The summed E-state index contributed by atoms with van der Waals surface area (Å²) < 4.78 is 0. The minimum atomic E-state index is 0. The minimum absolute atomic E-state index is 0. The molecule has 0 spiro atoms. The van der Waals surface area contributed by atoms with E-state index in [4.69, 9.17) is 4.99 Å². The van der Waals surface area contributed by atoms with Crippen molar-refractivity contribution in [2.24, 2.45) is 4.99 Å². The zero-order valence-electron chi connectivity index (χ0n) is 15.8. The Hall–Kier alpha value is -1.05. The number of nitrogens with zero attached hydrogens (tertiary/aromatic N) is 3. The van der Waals surface area contributed by atoms with Crippen molar-refractivity contribution in [3.8, 4) is 0 Å². The van der Waals surface area contributed by atoms with E-state index in [1.165, 1.54) is 25.7 Å². The van der Waals surface area contributed by atoms with Crippen LogP contribution in [-0.2, 0) is 6.54 Å². The van der Waals surface area contributed by atoms with Crippen LogP contribution in [0.3, 0.4) is 0 Å². The molecule has 1 aromatic rings. The molecule has 6 heteroatoms. The Morgan fingerprint density at radius 2 is 2.04 bits per heavy atom. The molecule has 0 fully saturated rings. The second kappa shape index (κ2) is 13.3. The van der Waals surface area contributed by atoms with Gasteiger partial charge in [-0.25, -0.2) is 9.98 Å². The van der Waals surface area contributed by atoms with Crippen LogP contribution in [0.25, 0.3) is 0 Å². The molecule has 1 aromatic heterocycles. The predicted octanol–water partition coefficient (Wildman–Crippen LogP) is 3.79. The van der Waals surface area contributed by atoms with Crippen LogP contribution < -0.4 is 15.5 Å². The first-order valence-electron chi connectivity index (χ1n) is 8.74. The van der Waals surface area contributed by atoms with Crippen molar-refractivity contribution in [3.05, 3.63) is 23.9 Å². The van der Waals surface area contributed by atoms with Gasteiger partial charge in [0.05, 0.1) is 6.54 Å². The third kappa shape index (κ3) is 8.70. The molecule has 24 heavy (non-hydrogen) atoms. The molecule has 2 N–H and O–H groups in total. The number of hydrogen-bond acceptors (Lipinski definition) is 3. The van der Waals surface area contributed by atoms with Gasteiger partial charge in [-0.05, 0) is 26.3 Å². The van der Waals surface area contributed by atoms with Crippen LogP contribution in [0, 0.1) is 0 Å². The molecule has 1 heterocycles. The van der Waals surface area contributed by atoms with E-state index in [2.05, 4.69) is 42.5 Å². The van der Waals surface area contributed by atoms with Gasteiger partial charge in [-0.1, -0.05) is 32.3 Å². The number of hydrogen-bond donors (Lipinski definition) is 2. The number of guanidine groups is 1. The van der Waals surface area contributed by atoms with Crippen molar-refractivity contribution in [2.75, 3.05) is 25.5 Å². The average molecular weight is 447 g/mol. The monoisotopic (exact) mass is 447 g/mol. The molecular formula is C18H34IN5. The highest BCUT2D eigenvalue weighted by atomic mass is 127. The highest BCUT2D eigenvalue weighted by Crippen LogP contribution is 2.15. The SMILES string of the molecule is CCCCCC(C)NC(=NCc1cccnc1N(C)C)NCC.I. The molecule has 0 aromatic carbocycles. The molecule has 1 atom stereocenters. The Morgan fingerprint density at radius 3 is 2.67 bits per heavy atom. The van der Waals surface area contributed by atoms with Gasteiger partial charge in [0.15, 0.2) is 5.96 Å². The van der Waals surface area contributed by atoms with E-state index in [9.17, 15) is 0 Å². The molecule has 0 aliphatic heterocycles. The maximum Gasteiger partial charge on any atom is 0.191 e. The largest absolute Gasteiger partial charge is 0.362 e. The quantitative estimate of drug-likeness (QED) is 0.262. The highest BCUT2D eigenvalue weighted by Gasteiger charge is 2.07. The summed E-state index contributed by atoms with van der Waals surface area (Å²) in [6, 6.07) is 4.48. The van der Waals surface area contributed by atoms with E-state index < -0.39 is 0 Å². The van der Waals surface area contributed by atoms with Crippen molar-refractivity contribution < 1.29 is 0 Å². The summed E-state index contributed by atoms with van der Waals surface area (Å²) in [6.07, 6.45) is 6.81. The predicted molar refractivity (Wildman–Crippen MR) is 116 cm³/mol. The number of unbranched alkanes of at least 4 members (excludes halogenated alkanes) is 2. The first-order chi connectivity index (χ1) is 11.1. The number of pyridine rings is 1. The third-order valence-corrected chi connectivity index (χ3v) is 3.67. The molecule has 5 nitrogen and oxygen atoms in total. The van der Waals surface area contributed by atoms with Crippen LogP contribution in [-0.4, -0.2) is 37.6 Å². The number of rotatable bonds is 9. The zero-order valence-corrected chi connectivity index (χ0v) is 18.1. The van der Waals surface area contributed by atoms with Gasteiger partial charge in [-0.15, -0.1) is 24.0 Å². The van der Waals surface area contributed by atoms with Gasteiger partial charge in [0.2, 0.25) is 0 Å². The Morgan fingerprint density at radius 1 is 1.29 bits per heavy atom. The number of aliphatic imine (C=N–C) groups is 1. The number of aromatic nitrogens is 1. The normalized spacial score (nSPS) is 12.3. The Balaban J connectivity index is 0.00000529. The van der Waals surface area contributed by atoms with Crippen molar-refractivity contribution >= 4 is 35.8 Å². The molecule has 0 amide bonds. The van der Waals surface area contributed by atoms with E-state index in [1.807, 2.05) is 31.3 Å².